The monoisotopic (exact) mass is 357 g/mol. The van der Waals surface area contributed by atoms with Gasteiger partial charge >= 0.3 is 0 Å². The van der Waals surface area contributed by atoms with Gasteiger partial charge in [0, 0.05) is 32.4 Å². The molecule has 0 spiro atoms. The van der Waals surface area contributed by atoms with E-state index in [2.05, 4.69) is 9.88 Å². The zero-order chi connectivity index (χ0) is 18.0. The molecule has 2 aromatic rings. The molecule has 0 aliphatic carbocycles. The van der Waals surface area contributed by atoms with Gasteiger partial charge in [-0.25, -0.2) is 4.39 Å². The van der Waals surface area contributed by atoms with Crippen LogP contribution in [0.5, 0.6) is 0 Å². The van der Waals surface area contributed by atoms with Crippen molar-refractivity contribution in [2.24, 2.45) is 0 Å². The zero-order valence-electron chi connectivity index (χ0n) is 14.7. The fourth-order valence-corrected chi connectivity index (χ4v) is 4.14. The molecule has 0 amide bonds. The van der Waals surface area contributed by atoms with Crippen LogP contribution in [0.1, 0.15) is 12.0 Å². The molecule has 2 atom stereocenters. The van der Waals surface area contributed by atoms with E-state index in [0.717, 1.165) is 18.7 Å². The van der Waals surface area contributed by atoms with Crippen molar-refractivity contribution in [2.45, 2.75) is 18.1 Å². The summed E-state index contributed by atoms with van der Waals surface area (Å²) in [5.41, 5.74) is 0.512. The smallest absolute Gasteiger partial charge is 0.164 e. The van der Waals surface area contributed by atoms with Gasteiger partial charge in [-0.05, 0) is 18.1 Å². The van der Waals surface area contributed by atoms with Gasteiger partial charge in [0.05, 0.1) is 31.1 Å². The molecule has 1 aromatic heterocycles. The number of hydrogen-bond donors (Lipinski definition) is 1. The second-order valence-corrected chi connectivity index (χ2v) is 6.98. The normalized spacial score (nSPS) is 27.5. The Bertz CT molecular complexity index is 739. The Hall–Kier alpha value is -2.02. The number of rotatable bonds is 3. The van der Waals surface area contributed by atoms with Crippen molar-refractivity contribution in [1.29, 1.82) is 0 Å². The number of benzene rings is 1. The van der Waals surface area contributed by atoms with Gasteiger partial charge in [0.2, 0.25) is 0 Å². The molecular formula is C20H24FN3O2. The maximum atomic E-state index is 14.3. The third kappa shape index (κ3) is 3.20. The van der Waals surface area contributed by atoms with E-state index in [1.165, 1.54) is 6.20 Å². The number of pyridine rings is 1. The van der Waals surface area contributed by atoms with Crippen molar-refractivity contribution in [3.8, 4) is 0 Å². The van der Waals surface area contributed by atoms with Crippen molar-refractivity contribution < 1.29 is 14.2 Å². The first kappa shape index (κ1) is 17.4. The van der Waals surface area contributed by atoms with Crippen LogP contribution in [-0.2, 0) is 10.3 Å². The molecule has 2 fully saturated rings. The lowest BCUT2D eigenvalue weighted by Crippen LogP contribution is -2.62. The molecule has 26 heavy (non-hydrogen) atoms. The minimum absolute atomic E-state index is 0.130. The average molecular weight is 357 g/mol. The molecule has 1 N–H and O–H groups in total. The van der Waals surface area contributed by atoms with Crippen molar-refractivity contribution >= 4 is 5.69 Å². The Morgan fingerprint density at radius 1 is 1.12 bits per heavy atom. The first-order chi connectivity index (χ1) is 12.7. The third-order valence-electron chi connectivity index (χ3n) is 5.56. The lowest BCUT2D eigenvalue weighted by Gasteiger charge is -2.50. The molecule has 5 nitrogen and oxygen atoms in total. The molecule has 0 radical (unpaired) electrons. The first-order valence-corrected chi connectivity index (χ1v) is 9.12. The molecule has 2 saturated heterocycles. The maximum Gasteiger partial charge on any atom is 0.164 e. The van der Waals surface area contributed by atoms with E-state index in [1.54, 1.807) is 12.3 Å². The van der Waals surface area contributed by atoms with Crippen molar-refractivity contribution in [2.75, 3.05) is 44.3 Å². The molecule has 0 bridgehead atoms. The van der Waals surface area contributed by atoms with Gasteiger partial charge in [-0.1, -0.05) is 30.3 Å². The molecule has 0 unspecified atom stereocenters. The van der Waals surface area contributed by atoms with E-state index < -0.39 is 5.60 Å². The van der Waals surface area contributed by atoms with Crippen LogP contribution in [0.3, 0.4) is 0 Å². The molecule has 0 saturated carbocycles. The van der Waals surface area contributed by atoms with E-state index in [0.29, 0.717) is 38.4 Å². The Kier molecular flexibility index (Phi) is 4.89. The van der Waals surface area contributed by atoms with Gasteiger partial charge in [-0.15, -0.1) is 0 Å². The SMILES string of the molecule is O[C@]1(c2ccccc2)CCN(c2ccncc2F)C[C@H]1N1CCOCC1. The predicted octanol–water partition coefficient (Wildman–Crippen LogP) is 2.02. The Morgan fingerprint density at radius 3 is 2.62 bits per heavy atom. The topological polar surface area (TPSA) is 48.8 Å². The molecule has 4 rings (SSSR count). The molecule has 2 aliphatic heterocycles. The van der Waals surface area contributed by atoms with Crippen molar-refractivity contribution in [3.05, 3.63) is 60.2 Å². The number of morpholine rings is 1. The first-order valence-electron chi connectivity index (χ1n) is 9.12. The van der Waals surface area contributed by atoms with Crippen LogP contribution in [-0.4, -0.2) is 60.4 Å². The Balaban J connectivity index is 1.67. The number of nitrogens with zero attached hydrogens (tertiary/aromatic N) is 3. The molecule has 138 valence electrons. The molecule has 2 aliphatic rings. The summed E-state index contributed by atoms with van der Waals surface area (Å²) in [6.45, 7) is 4.01. The van der Waals surface area contributed by atoms with Crippen molar-refractivity contribution in [3.63, 3.8) is 0 Å². The second kappa shape index (κ2) is 7.31. The number of hydrogen-bond acceptors (Lipinski definition) is 5. The van der Waals surface area contributed by atoms with Crippen LogP contribution < -0.4 is 4.90 Å². The highest BCUT2D eigenvalue weighted by molar-refractivity contribution is 5.48. The van der Waals surface area contributed by atoms with Crippen LogP contribution in [0.4, 0.5) is 10.1 Å². The number of ether oxygens (including phenoxy) is 1. The lowest BCUT2D eigenvalue weighted by molar-refractivity contribution is -0.0911. The largest absolute Gasteiger partial charge is 0.383 e. The summed E-state index contributed by atoms with van der Waals surface area (Å²) in [6, 6.07) is 11.4. The number of anilines is 1. The van der Waals surface area contributed by atoms with Gasteiger partial charge < -0.3 is 14.7 Å². The average Bonchev–Trinajstić information content (AvgIpc) is 2.70. The van der Waals surface area contributed by atoms with E-state index in [9.17, 15) is 9.50 Å². The predicted molar refractivity (Wildman–Crippen MR) is 97.5 cm³/mol. The van der Waals surface area contributed by atoms with Crippen molar-refractivity contribution in [1.82, 2.24) is 9.88 Å². The quantitative estimate of drug-likeness (QED) is 0.911. The highest BCUT2D eigenvalue weighted by atomic mass is 19.1. The second-order valence-electron chi connectivity index (χ2n) is 6.98. The summed E-state index contributed by atoms with van der Waals surface area (Å²) < 4.78 is 19.7. The summed E-state index contributed by atoms with van der Waals surface area (Å²) in [4.78, 5) is 8.15. The van der Waals surface area contributed by atoms with Gasteiger partial charge in [0.15, 0.2) is 5.82 Å². The van der Waals surface area contributed by atoms with Crippen LogP contribution in [0.2, 0.25) is 0 Å². The zero-order valence-corrected chi connectivity index (χ0v) is 14.7. The summed E-state index contributed by atoms with van der Waals surface area (Å²) >= 11 is 0. The highest BCUT2D eigenvalue weighted by Gasteiger charge is 2.46. The minimum atomic E-state index is -0.960. The van der Waals surface area contributed by atoms with E-state index in [4.69, 9.17) is 4.74 Å². The Labute approximate surface area is 153 Å². The maximum absolute atomic E-state index is 14.3. The lowest BCUT2D eigenvalue weighted by atomic mass is 9.79. The minimum Gasteiger partial charge on any atom is -0.383 e. The highest BCUT2D eigenvalue weighted by Crippen LogP contribution is 2.38. The molecule has 6 heteroatoms. The van der Waals surface area contributed by atoms with Gasteiger partial charge in [-0.3, -0.25) is 9.88 Å². The fraction of sp³-hybridized carbons (Fsp3) is 0.450. The van der Waals surface area contributed by atoms with Gasteiger partial charge in [0.25, 0.3) is 0 Å². The number of piperidine rings is 1. The van der Waals surface area contributed by atoms with Gasteiger partial charge in [0.1, 0.15) is 5.60 Å². The Morgan fingerprint density at radius 2 is 1.88 bits per heavy atom. The summed E-state index contributed by atoms with van der Waals surface area (Å²) in [5.74, 6) is -0.321. The molecule has 3 heterocycles. The standard InChI is InChI=1S/C20H24FN3O2/c21-17-14-22-8-6-18(17)24-9-7-20(25,16-4-2-1-3-5-16)19(15-24)23-10-12-26-13-11-23/h1-6,8,14,19,25H,7,9-13,15H2/t19-,20+/m1/s1. The summed E-state index contributed by atoms with van der Waals surface area (Å²) in [6.07, 6.45) is 3.40. The molecule has 1 aromatic carbocycles. The van der Waals surface area contributed by atoms with E-state index in [-0.39, 0.29) is 11.9 Å². The third-order valence-corrected chi connectivity index (χ3v) is 5.56. The van der Waals surface area contributed by atoms with Crippen LogP contribution in [0, 0.1) is 5.82 Å². The van der Waals surface area contributed by atoms with E-state index in [1.807, 2.05) is 35.2 Å². The molecular weight excluding hydrogens is 333 g/mol. The van der Waals surface area contributed by atoms with Crippen LogP contribution >= 0.6 is 0 Å². The number of aromatic nitrogens is 1. The summed E-state index contributed by atoms with van der Waals surface area (Å²) in [7, 11) is 0. The summed E-state index contributed by atoms with van der Waals surface area (Å²) in [5, 5.41) is 11.7. The van der Waals surface area contributed by atoms with Crippen LogP contribution in [0.25, 0.3) is 0 Å². The van der Waals surface area contributed by atoms with Gasteiger partial charge in [-0.2, -0.15) is 0 Å². The van der Waals surface area contributed by atoms with E-state index >= 15 is 0 Å². The number of halogens is 1. The fourth-order valence-electron chi connectivity index (χ4n) is 4.14. The van der Waals surface area contributed by atoms with Crippen LogP contribution in [0.15, 0.2) is 48.8 Å². The number of aliphatic hydroxyl groups is 1.